The van der Waals surface area contributed by atoms with Crippen molar-refractivity contribution in [3.8, 4) is 0 Å². The molecule has 0 amide bonds. The number of carboxylic acids is 1. The van der Waals surface area contributed by atoms with Crippen molar-refractivity contribution >= 4 is 16.0 Å². The van der Waals surface area contributed by atoms with E-state index in [1.54, 1.807) is 0 Å². The van der Waals surface area contributed by atoms with E-state index >= 15 is 0 Å². The quantitative estimate of drug-likeness (QED) is 0.831. The Morgan fingerprint density at radius 3 is 2.55 bits per heavy atom. The van der Waals surface area contributed by atoms with E-state index in [0.29, 0.717) is 25.7 Å². The Balaban J connectivity index is 1.84. The third-order valence-corrected chi connectivity index (χ3v) is 5.06. The number of aryl methyl sites for hydroxylation is 1. The van der Waals surface area contributed by atoms with Gasteiger partial charge in [0.2, 0.25) is 10.0 Å². The average Bonchev–Trinajstić information content (AvgIpc) is 2.86. The number of hydrogen-bond acceptors (Lipinski definition) is 3. The van der Waals surface area contributed by atoms with E-state index < -0.39 is 21.9 Å². The zero-order valence-electron chi connectivity index (χ0n) is 11.2. The van der Waals surface area contributed by atoms with Crippen molar-refractivity contribution in [3.63, 3.8) is 0 Å². The van der Waals surface area contributed by atoms with Gasteiger partial charge in [0.25, 0.3) is 0 Å². The molecule has 0 spiro atoms. The minimum absolute atomic E-state index is 0.0330. The minimum Gasteiger partial charge on any atom is -0.481 e. The summed E-state index contributed by atoms with van der Waals surface area (Å²) in [5.74, 6) is -1.22. The highest BCUT2D eigenvalue weighted by atomic mass is 32.2. The summed E-state index contributed by atoms with van der Waals surface area (Å²) in [6, 6.07) is 9.20. The lowest BCUT2D eigenvalue weighted by Gasteiger charge is -2.12. The molecule has 20 heavy (non-hydrogen) atoms. The van der Waals surface area contributed by atoms with E-state index in [4.69, 9.17) is 5.11 Å². The molecule has 1 aromatic carbocycles. The normalized spacial score (nSPS) is 22.8. The maximum atomic E-state index is 12.0. The zero-order chi connectivity index (χ0) is 14.6. The Kier molecular flexibility index (Phi) is 4.77. The van der Waals surface area contributed by atoms with Gasteiger partial charge in [0.1, 0.15) is 0 Å². The molecule has 0 saturated heterocycles. The number of carbonyl (C=O) groups is 1. The Morgan fingerprint density at radius 1 is 1.25 bits per heavy atom. The summed E-state index contributed by atoms with van der Waals surface area (Å²) >= 11 is 0. The van der Waals surface area contributed by atoms with Crippen molar-refractivity contribution in [2.24, 2.45) is 5.92 Å². The summed E-state index contributed by atoms with van der Waals surface area (Å²) in [5, 5.41) is 8.90. The predicted octanol–water partition coefficient (Wildman–Crippen LogP) is 1.40. The second-order valence-electron chi connectivity index (χ2n) is 5.22. The molecule has 1 aromatic rings. The summed E-state index contributed by atoms with van der Waals surface area (Å²) in [5.41, 5.74) is 0.979. The lowest BCUT2D eigenvalue weighted by atomic mass is 10.1. The molecule has 2 rings (SSSR count). The first-order chi connectivity index (χ1) is 9.46. The fraction of sp³-hybridized carbons (Fsp3) is 0.500. The average molecular weight is 297 g/mol. The van der Waals surface area contributed by atoms with Gasteiger partial charge in [0, 0.05) is 6.04 Å². The first-order valence-electron chi connectivity index (χ1n) is 6.73. The van der Waals surface area contributed by atoms with Crippen molar-refractivity contribution in [1.82, 2.24) is 4.72 Å². The van der Waals surface area contributed by atoms with E-state index in [1.807, 2.05) is 30.3 Å². The zero-order valence-corrected chi connectivity index (χ0v) is 12.0. The SMILES string of the molecule is O=C(O)[C@@H]1CC[C@H](NS(=O)(=O)CCc2ccccc2)C1. The van der Waals surface area contributed by atoms with Crippen LogP contribution in [-0.4, -0.2) is 31.3 Å². The van der Waals surface area contributed by atoms with Crippen LogP contribution >= 0.6 is 0 Å². The van der Waals surface area contributed by atoms with Gasteiger partial charge in [-0.15, -0.1) is 0 Å². The molecule has 0 bridgehead atoms. The molecule has 0 aliphatic heterocycles. The molecule has 1 aliphatic carbocycles. The number of benzene rings is 1. The maximum Gasteiger partial charge on any atom is 0.306 e. The molecule has 110 valence electrons. The first-order valence-corrected chi connectivity index (χ1v) is 8.38. The Labute approximate surface area is 119 Å². The number of sulfonamides is 1. The highest BCUT2D eigenvalue weighted by Gasteiger charge is 2.31. The molecule has 0 radical (unpaired) electrons. The molecule has 1 fully saturated rings. The van der Waals surface area contributed by atoms with Crippen LogP contribution in [0.25, 0.3) is 0 Å². The van der Waals surface area contributed by atoms with Gasteiger partial charge in [0.15, 0.2) is 0 Å². The molecule has 0 heterocycles. The Morgan fingerprint density at radius 2 is 1.95 bits per heavy atom. The van der Waals surface area contributed by atoms with Gasteiger partial charge in [-0.2, -0.15) is 0 Å². The van der Waals surface area contributed by atoms with E-state index in [2.05, 4.69) is 4.72 Å². The Hall–Kier alpha value is -1.40. The lowest BCUT2D eigenvalue weighted by Crippen LogP contribution is -2.35. The van der Waals surface area contributed by atoms with Gasteiger partial charge >= 0.3 is 5.97 Å². The van der Waals surface area contributed by atoms with Crippen LogP contribution in [0, 0.1) is 5.92 Å². The van der Waals surface area contributed by atoms with E-state index in [1.165, 1.54) is 0 Å². The third-order valence-electron chi connectivity index (χ3n) is 3.63. The molecule has 2 atom stereocenters. The molecule has 5 nitrogen and oxygen atoms in total. The molecule has 0 aromatic heterocycles. The first kappa shape index (κ1) is 15.0. The van der Waals surface area contributed by atoms with E-state index in [9.17, 15) is 13.2 Å². The second kappa shape index (κ2) is 6.37. The number of nitrogens with one attached hydrogen (secondary N) is 1. The largest absolute Gasteiger partial charge is 0.481 e. The fourth-order valence-corrected chi connectivity index (χ4v) is 3.87. The molecule has 2 N–H and O–H groups in total. The van der Waals surface area contributed by atoms with Crippen LogP contribution in [0.15, 0.2) is 30.3 Å². The smallest absolute Gasteiger partial charge is 0.306 e. The Bertz CT molecular complexity index is 556. The van der Waals surface area contributed by atoms with Crippen LogP contribution in [0.3, 0.4) is 0 Å². The van der Waals surface area contributed by atoms with Crippen LogP contribution in [0.1, 0.15) is 24.8 Å². The van der Waals surface area contributed by atoms with Crippen LogP contribution in [-0.2, 0) is 21.2 Å². The van der Waals surface area contributed by atoms with Crippen molar-refractivity contribution in [2.45, 2.75) is 31.7 Å². The van der Waals surface area contributed by atoms with Crippen LogP contribution < -0.4 is 4.72 Å². The predicted molar refractivity (Wildman–Crippen MR) is 75.8 cm³/mol. The van der Waals surface area contributed by atoms with Gasteiger partial charge in [-0.3, -0.25) is 4.79 Å². The van der Waals surface area contributed by atoms with Gasteiger partial charge in [0.05, 0.1) is 11.7 Å². The van der Waals surface area contributed by atoms with Gasteiger partial charge in [-0.25, -0.2) is 13.1 Å². The van der Waals surface area contributed by atoms with Crippen molar-refractivity contribution in [2.75, 3.05) is 5.75 Å². The highest BCUT2D eigenvalue weighted by Crippen LogP contribution is 2.26. The summed E-state index contributed by atoms with van der Waals surface area (Å²) in [7, 11) is -3.36. The second-order valence-corrected chi connectivity index (χ2v) is 7.09. The summed E-state index contributed by atoms with van der Waals surface area (Å²) in [6.45, 7) is 0. The lowest BCUT2D eigenvalue weighted by molar-refractivity contribution is -0.141. The molecule has 1 aliphatic rings. The number of aliphatic carboxylic acids is 1. The summed E-state index contributed by atoms with van der Waals surface area (Å²) in [4.78, 5) is 10.8. The van der Waals surface area contributed by atoms with Gasteiger partial charge in [-0.05, 0) is 31.2 Å². The van der Waals surface area contributed by atoms with Crippen LogP contribution in [0.4, 0.5) is 0 Å². The van der Waals surface area contributed by atoms with E-state index in [-0.39, 0.29) is 11.8 Å². The number of carboxylic acid groups (broad SMARTS) is 1. The molecule has 0 unspecified atom stereocenters. The molecular weight excluding hydrogens is 278 g/mol. The summed E-state index contributed by atoms with van der Waals surface area (Å²) < 4.78 is 26.6. The number of hydrogen-bond donors (Lipinski definition) is 2. The van der Waals surface area contributed by atoms with Crippen LogP contribution in [0.5, 0.6) is 0 Å². The molecule has 1 saturated carbocycles. The van der Waals surface area contributed by atoms with Gasteiger partial charge in [-0.1, -0.05) is 30.3 Å². The monoisotopic (exact) mass is 297 g/mol. The van der Waals surface area contributed by atoms with E-state index in [0.717, 1.165) is 5.56 Å². The van der Waals surface area contributed by atoms with Crippen molar-refractivity contribution < 1.29 is 18.3 Å². The minimum atomic E-state index is -3.36. The highest BCUT2D eigenvalue weighted by molar-refractivity contribution is 7.89. The fourth-order valence-electron chi connectivity index (χ4n) is 2.52. The van der Waals surface area contributed by atoms with Crippen molar-refractivity contribution in [3.05, 3.63) is 35.9 Å². The third kappa shape index (κ3) is 4.31. The maximum absolute atomic E-state index is 12.0. The summed E-state index contributed by atoms with van der Waals surface area (Å²) in [6.07, 6.45) is 1.99. The topological polar surface area (TPSA) is 83.5 Å². The molecular formula is C14H19NO4S. The van der Waals surface area contributed by atoms with Gasteiger partial charge < -0.3 is 5.11 Å². The standard InChI is InChI=1S/C14H19NO4S/c16-14(17)12-6-7-13(10-12)15-20(18,19)9-8-11-4-2-1-3-5-11/h1-5,12-13,15H,6-10H2,(H,16,17)/t12-,13+/m1/s1. The molecule has 6 heteroatoms. The van der Waals surface area contributed by atoms with Crippen molar-refractivity contribution in [1.29, 1.82) is 0 Å². The number of rotatable bonds is 6. The van der Waals surface area contributed by atoms with Crippen LogP contribution in [0.2, 0.25) is 0 Å².